The summed E-state index contributed by atoms with van der Waals surface area (Å²) in [5.74, 6) is -0.302. The molecule has 0 aromatic heterocycles. The van der Waals surface area contributed by atoms with E-state index < -0.39 is 6.10 Å². The van der Waals surface area contributed by atoms with Gasteiger partial charge in [-0.2, -0.15) is 5.10 Å². The van der Waals surface area contributed by atoms with Crippen molar-refractivity contribution in [3.63, 3.8) is 0 Å². The summed E-state index contributed by atoms with van der Waals surface area (Å²) >= 11 is 0. The van der Waals surface area contributed by atoms with Gasteiger partial charge in [0, 0.05) is 18.9 Å². The number of nitrogens with zero attached hydrogens (tertiary/aromatic N) is 2. The lowest BCUT2D eigenvalue weighted by atomic mass is 9.92. The number of carbonyl (C=O) groups excluding carboxylic acids is 2. The van der Waals surface area contributed by atoms with Crippen LogP contribution in [0.15, 0.2) is 5.10 Å². The Kier molecular flexibility index (Phi) is 4.75. The summed E-state index contributed by atoms with van der Waals surface area (Å²) in [6.07, 6.45) is 3.77. The van der Waals surface area contributed by atoms with Gasteiger partial charge in [-0.25, -0.2) is 5.01 Å². The quantitative estimate of drug-likeness (QED) is 0.802. The lowest BCUT2D eigenvalue weighted by Crippen LogP contribution is -2.49. The highest BCUT2D eigenvalue weighted by Gasteiger charge is 2.29. The second-order valence-electron chi connectivity index (χ2n) is 5.81. The number of hydrazone groups is 1. The number of amides is 2. The van der Waals surface area contributed by atoms with Crippen molar-refractivity contribution in [3.8, 4) is 0 Å². The van der Waals surface area contributed by atoms with Crippen LogP contribution < -0.4 is 5.32 Å². The van der Waals surface area contributed by atoms with Crippen molar-refractivity contribution < 1.29 is 14.7 Å². The minimum atomic E-state index is -0.472. The smallest absolute Gasteiger partial charge is 0.267 e. The summed E-state index contributed by atoms with van der Waals surface area (Å²) in [5.41, 5.74) is 0.385. The fourth-order valence-electron chi connectivity index (χ4n) is 2.67. The lowest BCUT2D eigenvalue weighted by Gasteiger charge is -2.30. The minimum Gasteiger partial charge on any atom is -0.391 e. The zero-order chi connectivity index (χ0) is 14.7. The minimum absolute atomic E-state index is 0.0470. The van der Waals surface area contributed by atoms with Crippen molar-refractivity contribution in [2.75, 3.05) is 0 Å². The number of rotatable bonds is 3. The summed E-state index contributed by atoms with van der Waals surface area (Å²) in [5, 5.41) is 18.3. The molecule has 6 heteroatoms. The van der Waals surface area contributed by atoms with Gasteiger partial charge in [0.05, 0.1) is 12.1 Å². The van der Waals surface area contributed by atoms with Gasteiger partial charge >= 0.3 is 0 Å². The molecule has 20 heavy (non-hydrogen) atoms. The molecule has 1 aliphatic carbocycles. The van der Waals surface area contributed by atoms with E-state index in [4.69, 9.17) is 0 Å². The average Bonchev–Trinajstić information content (AvgIpc) is 2.41. The molecule has 1 aliphatic heterocycles. The van der Waals surface area contributed by atoms with Crippen molar-refractivity contribution >= 4 is 17.5 Å². The number of hydrogen-bond acceptors (Lipinski definition) is 4. The standard InChI is InChI=1S/C14H23N3O3/c1-9(2)17-13(19)8-7-11(16-17)14(20)15-10-5-3-4-6-12(10)18/h9-10,12,18H,3-8H2,1-2H3,(H,15,20)/t10-,12-/m0/s1. The van der Waals surface area contributed by atoms with E-state index in [1.165, 1.54) is 5.01 Å². The number of aliphatic hydroxyl groups is 1. The highest BCUT2D eigenvalue weighted by Crippen LogP contribution is 2.19. The maximum absolute atomic E-state index is 12.2. The highest BCUT2D eigenvalue weighted by atomic mass is 16.3. The van der Waals surface area contributed by atoms with Crippen LogP contribution in [0.2, 0.25) is 0 Å². The van der Waals surface area contributed by atoms with E-state index in [0.29, 0.717) is 18.6 Å². The van der Waals surface area contributed by atoms with Crippen LogP contribution >= 0.6 is 0 Å². The third kappa shape index (κ3) is 3.36. The van der Waals surface area contributed by atoms with Gasteiger partial charge in [0.2, 0.25) is 5.91 Å². The zero-order valence-corrected chi connectivity index (χ0v) is 12.1. The third-order valence-corrected chi connectivity index (χ3v) is 3.86. The molecule has 0 spiro atoms. The van der Waals surface area contributed by atoms with E-state index in [1.807, 2.05) is 13.8 Å². The molecule has 0 aromatic rings. The van der Waals surface area contributed by atoms with Gasteiger partial charge in [-0.3, -0.25) is 9.59 Å². The molecule has 0 radical (unpaired) electrons. The number of hydrogen-bond donors (Lipinski definition) is 2. The molecule has 0 saturated heterocycles. The van der Waals surface area contributed by atoms with Crippen LogP contribution in [0.3, 0.4) is 0 Å². The Morgan fingerprint density at radius 1 is 1.35 bits per heavy atom. The number of carbonyl (C=O) groups is 2. The molecule has 0 bridgehead atoms. The second kappa shape index (κ2) is 6.35. The molecule has 2 N–H and O–H groups in total. The first-order chi connectivity index (χ1) is 9.49. The van der Waals surface area contributed by atoms with Gasteiger partial charge in [-0.05, 0) is 26.7 Å². The molecular weight excluding hydrogens is 258 g/mol. The Morgan fingerprint density at radius 2 is 2.05 bits per heavy atom. The molecule has 112 valence electrons. The van der Waals surface area contributed by atoms with E-state index in [-0.39, 0.29) is 23.9 Å². The summed E-state index contributed by atoms with van der Waals surface area (Å²) < 4.78 is 0. The first-order valence-corrected chi connectivity index (χ1v) is 7.37. The maximum atomic E-state index is 12.2. The Morgan fingerprint density at radius 3 is 2.70 bits per heavy atom. The average molecular weight is 281 g/mol. The highest BCUT2D eigenvalue weighted by molar-refractivity contribution is 6.39. The predicted molar refractivity (Wildman–Crippen MR) is 75.1 cm³/mol. The lowest BCUT2D eigenvalue weighted by molar-refractivity contribution is -0.133. The van der Waals surface area contributed by atoms with E-state index in [0.717, 1.165) is 25.7 Å². The molecule has 1 saturated carbocycles. The summed E-state index contributed by atoms with van der Waals surface area (Å²) in [4.78, 5) is 23.9. The van der Waals surface area contributed by atoms with Crippen LogP contribution in [0.1, 0.15) is 52.4 Å². The third-order valence-electron chi connectivity index (χ3n) is 3.86. The van der Waals surface area contributed by atoms with Crippen molar-refractivity contribution in [1.82, 2.24) is 10.3 Å². The fraction of sp³-hybridized carbons (Fsp3) is 0.786. The van der Waals surface area contributed by atoms with Crippen molar-refractivity contribution in [3.05, 3.63) is 0 Å². The molecule has 0 aromatic carbocycles. The zero-order valence-electron chi connectivity index (χ0n) is 12.1. The SMILES string of the molecule is CC(C)N1N=C(C(=O)N[C@H]2CCCC[C@@H]2O)CCC1=O. The molecule has 6 nitrogen and oxygen atoms in total. The normalized spacial score (nSPS) is 27.5. The first kappa shape index (κ1) is 15.0. The Hall–Kier alpha value is -1.43. The van der Waals surface area contributed by atoms with Crippen LogP contribution in [0.5, 0.6) is 0 Å². The Labute approximate surface area is 119 Å². The van der Waals surface area contributed by atoms with Crippen molar-refractivity contribution in [1.29, 1.82) is 0 Å². The fourth-order valence-corrected chi connectivity index (χ4v) is 2.67. The molecular formula is C14H23N3O3. The van der Waals surface area contributed by atoms with Crippen LogP contribution in [0.25, 0.3) is 0 Å². The van der Waals surface area contributed by atoms with Crippen LogP contribution in [-0.4, -0.2) is 45.8 Å². The largest absolute Gasteiger partial charge is 0.391 e. The molecule has 2 aliphatic rings. The summed E-state index contributed by atoms with van der Waals surface area (Å²) in [6.45, 7) is 3.74. The topological polar surface area (TPSA) is 82.0 Å². The van der Waals surface area contributed by atoms with Gasteiger partial charge in [0.15, 0.2) is 0 Å². The number of aliphatic hydroxyl groups excluding tert-OH is 1. The summed E-state index contributed by atoms with van der Waals surface area (Å²) in [7, 11) is 0. The first-order valence-electron chi connectivity index (χ1n) is 7.37. The van der Waals surface area contributed by atoms with Crippen LogP contribution in [0.4, 0.5) is 0 Å². The molecule has 0 unspecified atom stereocenters. The van der Waals surface area contributed by atoms with Gasteiger partial charge in [0.1, 0.15) is 5.71 Å². The van der Waals surface area contributed by atoms with E-state index in [2.05, 4.69) is 10.4 Å². The second-order valence-corrected chi connectivity index (χ2v) is 5.81. The molecule has 2 rings (SSSR count). The van der Waals surface area contributed by atoms with E-state index >= 15 is 0 Å². The van der Waals surface area contributed by atoms with Crippen LogP contribution in [0, 0.1) is 0 Å². The summed E-state index contributed by atoms with van der Waals surface area (Å²) in [6, 6.07) is -0.241. The predicted octanol–water partition coefficient (Wildman–Crippen LogP) is 0.793. The molecule has 1 fully saturated rings. The molecule has 2 amide bonds. The molecule has 2 atom stereocenters. The van der Waals surface area contributed by atoms with Gasteiger partial charge in [-0.1, -0.05) is 12.8 Å². The van der Waals surface area contributed by atoms with Crippen molar-refractivity contribution in [2.45, 2.75) is 70.6 Å². The van der Waals surface area contributed by atoms with Crippen LogP contribution in [-0.2, 0) is 9.59 Å². The van der Waals surface area contributed by atoms with E-state index in [9.17, 15) is 14.7 Å². The monoisotopic (exact) mass is 281 g/mol. The molecule has 1 heterocycles. The van der Waals surface area contributed by atoms with Crippen molar-refractivity contribution in [2.24, 2.45) is 5.10 Å². The Bertz CT molecular complexity index is 420. The Balaban J connectivity index is 2.01. The van der Waals surface area contributed by atoms with Gasteiger partial charge in [-0.15, -0.1) is 0 Å². The number of nitrogens with one attached hydrogen (secondary N) is 1. The van der Waals surface area contributed by atoms with E-state index in [1.54, 1.807) is 0 Å². The van der Waals surface area contributed by atoms with Gasteiger partial charge in [0.25, 0.3) is 5.91 Å². The maximum Gasteiger partial charge on any atom is 0.267 e. The van der Waals surface area contributed by atoms with Gasteiger partial charge < -0.3 is 10.4 Å².